The molecule has 0 saturated carbocycles. The van der Waals surface area contributed by atoms with Crippen molar-refractivity contribution in [3.63, 3.8) is 0 Å². The van der Waals surface area contributed by atoms with Gasteiger partial charge in [0.05, 0.1) is 6.54 Å². The molecule has 88 valence electrons. The summed E-state index contributed by atoms with van der Waals surface area (Å²) in [5.74, 6) is 0.0173. The lowest BCUT2D eigenvalue weighted by Gasteiger charge is -2.33. The highest BCUT2D eigenvalue weighted by atomic mass is 32.1. The van der Waals surface area contributed by atoms with E-state index in [-0.39, 0.29) is 5.91 Å². The smallest absolute Gasteiger partial charge is 0.240 e. The van der Waals surface area contributed by atoms with Gasteiger partial charge in [0, 0.05) is 37.3 Å². The van der Waals surface area contributed by atoms with E-state index >= 15 is 0 Å². The van der Waals surface area contributed by atoms with Crippen molar-refractivity contribution in [2.24, 2.45) is 0 Å². The van der Waals surface area contributed by atoms with Crippen molar-refractivity contribution in [3.8, 4) is 0 Å². The van der Waals surface area contributed by atoms with Gasteiger partial charge in [-0.15, -0.1) is 11.3 Å². The number of aromatic nitrogens is 1. The first-order valence-corrected chi connectivity index (χ1v) is 6.28. The number of carbonyl (C=O) groups is 1. The van der Waals surface area contributed by atoms with E-state index in [1.54, 1.807) is 6.20 Å². The molecule has 6 heteroatoms. The van der Waals surface area contributed by atoms with Crippen LogP contribution < -0.4 is 10.6 Å². The lowest BCUT2D eigenvalue weighted by atomic mass is 10.2. The van der Waals surface area contributed by atoms with Gasteiger partial charge in [0.15, 0.2) is 5.13 Å². The van der Waals surface area contributed by atoms with Crippen molar-refractivity contribution in [3.05, 3.63) is 11.6 Å². The fraction of sp³-hybridized carbons (Fsp3) is 0.600. The Morgan fingerprint density at radius 1 is 1.81 bits per heavy atom. The zero-order valence-electron chi connectivity index (χ0n) is 9.27. The molecular weight excluding hydrogens is 224 g/mol. The van der Waals surface area contributed by atoms with Gasteiger partial charge in [0.2, 0.25) is 5.91 Å². The molecule has 2 rings (SSSR count). The highest BCUT2D eigenvalue weighted by Gasteiger charge is 2.20. The molecule has 0 unspecified atom stereocenters. The first-order valence-electron chi connectivity index (χ1n) is 5.40. The SMILES string of the molecule is C[C@H]1CNCCN1CC(=O)Nc1nccs1. The van der Waals surface area contributed by atoms with Crippen molar-refractivity contribution in [2.45, 2.75) is 13.0 Å². The van der Waals surface area contributed by atoms with E-state index < -0.39 is 0 Å². The Morgan fingerprint density at radius 2 is 2.69 bits per heavy atom. The number of thiazole rings is 1. The molecule has 5 nitrogen and oxygen atoms in total. The van der Waals surface area contributed by atoms with Crippen molar-refractivity contribution < 1.29 is 4.79 Å². The molecule has 2 heterocycles. The van der Waals surface area contributed by atoms with E-state index in [1.165, 1.54) is 11.3 Å². The predicted molar refractivity (Wildman–Crippen MR) is 64.6 cm³/mol. The molecule has 1 fully saturated rings. The molecule has 1 aliphatic rings. The largest absolute Gasteiger partial charge is 0.314 e. The van der Waals surface area contributed by atoms with Gasteiger partial charge in [-0.1, -0.05) is 0 Å². The average Bonchev–Trinajstić information content (AvgIpc) is 2.74. The Kier molecular flexibility index (Phi) is 3.87. The summed E-state index contributed by atoms with van der Waals surface area (Å²) in [5.41, 5.74) is 0. The van der Waals surface area contributed by atoms with E-state index in [9.17, 15) is 4.79 Å². The molecular formula is C10H16N4OS. The number of hydrogen-bond acceptors (Lipinski definition) is 5. The molecule has 16 heavy (non-hydrogen) atoms. The Bertz CT molecular complexity index is 341. The second kappa shape index (κ2) is 5.38. The van der Waals surface area contributed by atoms with Gasteiger partial charge >= 0.3 is 0 Å². The monoisotopic (exact) mass is 240 g/mol. The van der Waals surface area contributed by atoms with Crippen molar-refractivity contribution in [2.75, 3.05) is 31.5 Å². The number of hydrogen-bond donors (Lipinski definition) is 2. The number of nitrogens with zero attached hydrogens (tertiary/aromatic N) is 2. The van der Waals surface area contributed by atoms with Gasteiger partial charge in [0.1, 0.15) is 0 Å². The molecule has 1 saturated heterocycles. The number of carbonyl (C=O) groups excluding carboxylic acids is 1. The van der Waals surface area contributed by atoms with Gasteiger partial charge < -0.3 is 10.6 Å². The number of amides is 1. The van der Waals surface area contributed by atoms with Crippen LogP contribution in [-0.2, 0) is 4.79 Å². The van der Waals surface area contributed by atoms with Crippen LogP contribution in [0.3, 0.4) is 0 Å². The summed E-state index contributed by atoms with van der Waals surface area (Å²) >= 11 is 1.44. The maximum absolute atomic E-state index is 11.7. The minimum absolute atomic E-state index is 0.0173. The molecule has 1 aromatic heterocycles. The minimum Gasteiger partial charge on any atom is -0.314 e. The Balaban J connectivity index is 1.82. The van der Waals surface area contributed by atoms with Crippen molar-refractivity contribution in [1.82, 2.24) is 15.2 Å². The van der Waals surface area contributed by atoms with Crippen LogP contribution in [0.2, 0.25) is 0 Å². The fourth-order valence-corrected chi connectivity index (χ4v) is 2.29. The molecule has 1 atom stereocenters. The molecule has 0 radical (unpaired) electrons. The second-order valence-corrected chi connectivity index (χ2v) is 4.80. The lowest BCUT2D eigenvalue weighted by molar-refractivity contribution is -0.118. The number of anilines is 1. The Morgan fingerprint density at radius 3 is 3.38 bits per heavy atom. The first kappa shape index (κ1) is 11.5. The van der Waals surface area contributed by atoms with E-state index in [2.05, 4.69) is 27.4 Å². The van der Waals surface area contributed by atoms with E-state index in [0.717, 1.165) is 19.6 Å². The van der Waals surface area contributed by atoms with Crippen LogP contribution in [0.5, 0.6) is 0 Å². The fourth-order valence-electron chi connectivity index (χ4n) is 1.75. The highest BCUT2D eigenvalue weighted by Crippen LogP contribution is 2.10. The summed E-state index contributed by atoms with van der Waals surface area (Å²) in [5, 5.41) is 8.62. The number of rotatable bonds is 3. The summed E-state index contributed by atoms with van der Waals surface area (Å²) in [4.78, 5) is 17.9. The van der Waals surface area contributed by atoms with E-state index in [1.807, 2.05) is 5.38 Å². The van der Waals surface area contributed by atoms with Gasteiger partial charge in [-0.05, 0) is 6.92 Å². The third-order valence-electron chi connectivity index (χ3n) is 2.66. The normalized spacial score (nSPS) is 21.9. The van der Waals surface area contributed by atoms with Gasteiger partial charge in [-0.25, -0.2) is 4.98 Å². The van der Waals surface area contributed by atoms with E-state index in [4.69, 9.17) is 0 Å². The summed E-state index contributed by atoms with van der Waals surface area (Å²) in [6.45, 7) is 5.40. The Labute approximate surface area is 98.9 Å². The number of nitrogens with one attached hydrogen (secondary N) is 2. The van der Waals surface area contributed by atoms with Crippen LogP contribution in [0.1, 0.15) is 6.92 Å². The molecule has 0 aliphatic carbocycles. The summed E-state index contributed by atoms with van der Waals surface area (Å²) in [6.07, 6.45) is 1.69. The average molecular weight is 240 g/mol. The van der Waals surface area contributed by atoms with Crippen LogP contribution in [0.15, 0.2) is 11.6 Å². The lowest BCUT2D eigenvalue weighted by Crippen LogP contribution is -2.51. The Hall–Kier alpha value is -0.980. The molecule has 1 amide bonds. The van der Waals surface area contributed by atoms with Gasteiger partial charge in [0.25, 0.3) is 0 Å². The van der Waals surface area contributed by atoms with Gasteiger partial charge in [-0.2, -0.15) is 0 Å². The molecule has 0 bridgehead atoms. The zero-order valence-corrected chi connectivity index (χ0v) is 10.1. The van der Waals surface area contributed by atoms with Gasteiger partial charge in [-0.3, -0.25) is 9.69 Å². The minimum atomic E-state index is 0.0173. The summed E-state index contributed by atoms with van der Waals surface area (Å²) in [7, 11) is 0. The first-order chi connectivity index (χ1) is 7.75. The van der Waals surface area contributed by atoms with E-state index in [0.29, 0.717) is 17.7 Å². The van der Waals surface area contributed by atoms with Crippen molar-refractivity contribution >= 4 is 22.4 Å². The zero-order chi connectivity index (χ0) is 11.4. The number of piperazine rings is 1. The second-order valence-electron chi connectivity index (χ2n) is 3.91. The van der Waals surface area contributed by atoms with Crippen LogP contribution in [-0.4, -0.2) is 48.0 Å². The summed E-state index contributed by atoms with van der Waals surface area (Å²) in [6, 6.07) is 0.413. The van der Waals surface area contributed by atoms with Crippen LogP contribution in [0.25, 0.3) is 0 Å². The van der Waals surface area contributed by atoms with Crippen LogP contribution in [0.4, 0.5) is 5.13 Å². The van der Waals surface area contributed by atoms with Crippen LogP contribution >= 0.6 is 11.3 Å². The maximum atomic E-state index is 11.7. The third-order valence-corrected chi connectivity index (χ3v) is 3.35. The molecule has 0 spiro atoms. The topological polar surface area (TPSA) is 57.3 Å². The predicted octanol–water partition coefficient (Wildman–Crippen LogP) is 0.375. The highest BCUT2D eigenvalue weighted by molar-refractivity contribution is 7.13. The molecule has 0 aromatic carbocycles. The molecule has 1 aliphatic heterocycles. The van der Waals surface area contributed by atoms with Crippen molar-refractivity contribution in [1.29, 1.82) is 0 Å². The maximum Gasteiger partial charge on any atom is 0.240 e. The van der Waals surface area contributed by atoms with Crippen LogP contribution in [0, 0.1) is 0 Å². The molecule has 2 N–H and O–H groups in total. The standard InChI is InChI=1S/C10H16N4OS/c1-8-6-11-2-4-14(8)7-9(15)13-10-12-3-5-16-10/h3,5,8,11H,2,4,6-7H2,1H3,(H,12,13,15)/t8-/m0/s1. The molecule has 1 aromatic rings. The summed E-state index contributed by atoms with van der Waals surface area (Å²) < 4.78 is 0. The third kappa shape index (κ3) is 3.01. The quantitative estimate of drug-likeness (QED) is 0.802.